The fourth-order valence-corrected chi connectivity index (χ4v) is 2.65. The summed E-state index contributed by atoms with van der Waals surface area (Å²) in [7, 11) is 0. The summed E-state index contributed by atoms with van der Waals surface area (Å²) in [4.78, 5) is 1.46. The van der Waals surface area contributed by atoms with E-state index in [1.807, 2.05) is 11.3 Å². The maximum atomic E-state index is 3.58. The van der Waals surface area contributed by atoms with Crippen molar-refractivity contribution in [2.24, 2.45) is 0 Å². The zero-order valence-electron chi connectivity index (χ0n) is 10.2. The average Bonchev–Trinajstić information content (AvgIpc) is 2.83. The van der Waals surface area contributed by atoms with Crippen LogP contribution in [0, 0.1) is 0 Å². The van der Waals surface area contributed by atoms with E-state index in [1.54, 1.807) is 0 Å². The van der Waals surface area contributed by atoms with Crippen molar-refractivity contribution < 1.29 is 0 Å². The van der Waals surface area contributed by atoms with Crippen LogP contribution in [0.2, 0.25) is 0 Å². The van der Waals surface area contributed by atoms with E-state index in [0.29, 0.717) is 6.04 Å². The third kappa shape index (κ3) is 4.33. The first kappa shape index (κ1) is 12.3. The van der Waals surface area contributed by atoms with Gasteiger partial charge in [-0.05, 0) is 36.8 Å². The van der Waals surface area contributed by atoms with E-state index in [9.17, 15) is 0 Å². The Morgan fingerprint density at radius 1 is 1.12 bits per heavy atom. The van der Waals surface area contributed by atoms with E-state index >= 15 is 0 Å². The van der Waals surface area contributed by atoms with Crippen LogP contribution in [0.3, 0.4) is 0 Å². The van der Waals surface area contributed by atoms with Crippen LogP contribution >= 0.6 is 11.3 Å². The predicted octanol–water partition coefficient (Wildman–Crippen LogP) is 3.51. The van der Waals surface area contributed by atoms with Crippen LogP contribution < -0.4 is 5.32 Å². The quantitative estimate of drug-likeness (QED) is 0.821. The van der Waals surface area contributed by atoms with Crippen LogP contribution in [0.1, 0.15) is 17.4 Å². The van der Waals surface area contributed by atoms with Crippen LogP contribution in [-0.2, 0) is 12.8 Å². The molecule has 1 aromatic carbocycles. The monoisotopic (exact) mass is 245 g/mol. The van der Waals surface area contributed by atoms with E-state index in [-0.39, 0.29) is 0 Å². The van der Waals surface area contributed by atoms with E-state index in [0.717, 1.165) is 19.4 Å². The van der Waals surface area contributed by atoms with E-state index in [2.05, 4.69) is 60.1 Å². The fraction of sp³-hybridized carbons (Fsp3) is 0.333. The first-order chi connectivity index (χ1) is 8.34. The highest BCUT2D eigenvalue weighted by Gasteiger charge is 2.02. The lowest BCUT2D eigenvalue weighted by Gasteiger charge is -2.13. The van der Waals surface area contributed by atoms with Gasteiger partial charge in [-0.2, -0.15) is 0 Å². The van der Waals surface area contributed by atoms with Gasteiger partial charge >= 0.3 is 0 Å². The van der Waals surface area contributed by atoms with E-state index in [4.69, 9.17) is 0 Å². The summed E-state index contributed by atoms with van der Waals surface area (Å²) in [5, 5.41) is 5.72. The van der Waals surface area contributed by atoms with Gasteiger partial charge in [0, 0.05) is 17.5 Å². The van der Waals surface area contributed by atoms with Gasteiger partial charge in [0.1, 0.15) is 0 Å². The van der Waals surface area contributed by atoms with Gasteiger partial charge in [-0.15, -0.1) is 11.3 Å². The molecule has 90 valence electrons. The molecule has 1 heterocycles. The molecule has 0 saturated heterocycles. The number of nitrogens with one attached hydrogen (secondary N) is 1. The van der Waals surface area contributed by atoms with Crippen molar-refractivity contribution in [1.29, 1.82) is 0 Å². The molecular weight excluding hydrogens is 226 g/mol. The molecule has 1 aromatic heterocycles. The van der Waals surface area contributed by atoms with Crippen molar-refractivity contribution in [3.05, 3.63) is 58.3 Å². The van der Waals surface area contributed by atoms with Crippen molar-refractivity contribution >= 4 is 11.3 Å². The van der Waals surface area contributed by atoms with Gasteiger partial charge in [0.15, 0.2) is 0 Å². The second kappa shape index (κ2) is 6.58. The lowest BCUT2D eigenvalue weighted by molar-refractivity contribution is 0.550. The molecule has 0 saturated carbocycles. The maximum absolute atomic E-state index is 3.58. The minimum absolute atomic E-state index is 0.539. The van der Waals surface area contributed by atoms with Crippen LogP contribution in [0.4, 0.5) is 0 Å². The average molecular weight is 245 g/mol. The standard InChI is InChI=1S/C15H19NS/c1-13(12-14-6-3-2-4-7-14)16-10-9-15-8-5-11-17-15/h2-8,11,13,16H,9-10,12H2,1H3. The third-order valence-corrected chi connectivity index (χ3v) is 3.77. The Bertz CT molecular complexity index is 408. The second-order valence-corrected chi connectivity index (χ2v) is 5.41. The Labute approximate surface area is 108 Å². The number of thiophene rings is 1. The summed E-state index contributed by atoms with van der Waals surface area (Å²) in [5.41, 5.74) is 1.41. The van der Waals surface area contributed by atoms with Gasteiger partial charge in [0.25, 0.3) is 0 Å². The van der Waals surface area contributed by atoms with Crippen LogP contribution in [0.5, 0.6) is 0 Å². The topological polar surface area (TPSA) is 12.0 Å². The van der Waals surface area contributed by atoms with Gasteiger partial charge in [0.2, 0.25) is 0 Å². The Morgan fingerprint density at radius 2 is 1.94 bits per heavy atom. The van der Waals surface area contributed by atoms with Crippen LogP contribution in [0.15, 0.2) is 47.8 Å². The summed E-state index contributed by atoms with van der Waals surface area (Å²) in [5.74, 6) is 0. The maximum Gasteiger partial charge on any atom is 0.00792 e. The van der Waals surface area contributed by atoms with Crippen molar-refractivity contribution in [3.8, 4) is 0 Å². The van der Waals surface area contributed by atoms with E-state index < -0.39 is 0 Å². The smallest absolute Gasteiger partial charge is 0.00792 e. The van der Waals surface area contributed by atoms with Crippen LogP contribution in [-0.4, -0.2) is 12.6 Å². The summed E-state index contributed by atoms with van der Waals surface area (Å²) in [6.07, 6.45) is 2.24. The lowest BCUT2D eigenvalue weighted by atomic mass is 10.1. The molecule has 0 fully saturated rings. The molecule has 0 bridgehead atoms. The van der Waals surface area contributed by atoms with Gasteiger partial charge in [-0.1, -0.05) is 36.4 Å². The highest BCUT2D eigenvalue weighted by Crippen LogP contribution is 2.08. The fourth-order valence-electron chi connectivity index (χ4n) is 1.94. The minimum Gasteiger partial charge on any atom is -0.314 e. The molecule has 0 aliphatic carbocycles. The summed E-state index contributed by atoms with van der Waals surface area (Å²) >= 11 is 1.84. The number of benzene rings is 1. The molecule has 1 atom stereocenters. The third-order valence-electron chi connectivity index (χ3n) is 2.83. The molecule has 2 aromatic rings. The zero-order valence-corrected chi connectivity index (χ0v) is 11.0. The SMILES string of the molecule is CC(Cc1ccccc1)NCCc1cccs1. The summed E-state index contributed by atoms with van der Waals surface area (Å²) < 4.78 is 0. The second-order valence-electron chi connectivity index (χ2n) is 4.37. The molecule has 0 aliphatic rings. The first-order valence-corrected chi connectivity index (χ1v) is 7.02. The Hall–Kier alpha value is -1.12. The molecule has 1 unspecified atom stereocenters. The lowest BCUT2D eigenvalue weighted by Crippen LogP contribution is -2.29. The molecule has 0 radical (unpaired) electrons. The zero-order chi connectivity index (χ0) is 11.9. The first-order valence-electron chi connectivity index (χ1n) is 6.14. The normalized spacial score (nSPS) is 12.5. The van der Waals surface area contributed by atoms with Gasteiger partial charge in [-0.3, -0.25) is 0 Å². The van der Waals surface area contributed by atoms with Gasteiger partial charge < -0.3 is 5.32 Å². The summed E-state index contributed by atoms with van der Waals surface area (Å²) in [6, 6.07) is 15.5. The molecule has 1 N–H and O–H groups in total. The number of hydrogen-bond acceptors (Lipinski definition) is 2. The van der Waals surface area contributed by atoms with Crippen molar-refractivity contribution in [3.63, 3.8) is 0 Å². The van der Waals surface area contributed by atoms with Gasteiger partial charge in [0.05, 0.1) is 0 Å². The molecule has 1 nitrogen and oxygen atoms in total. The largest absolute Gasteiger partial charge is 0.314 e. The molecule has 0 spiro atoms. The highest BCUT2D eigenvalue weighted by atomic mass is 32.1. The molecule has 17 heavy (non-hydrogen) atoms. The number of rotatable bonds is 6. The van der Waals surface area contributed by atoms with Crippen molar-refractivity contribution in [1.82, 2.24) is 5.32 Å². The molecule has 0 amide bonds. The van der Waals surface area contributed by atoms with Crippen molar-refractivity contribution in [2.75, 3.05) is 6.54 Å². The van der Waals surface area contributed by atoms with Gasteiger partial charge in [-0.25, -0.2) is 0 Å². The Balaban J connectivity index is 1.69. The Kier molecular flexibility index (Phi) is 4.77. The minimum atomic E-state index is 0.539. The van der Waals surface area contributed by atoms with Crippen LogP contribution in [0.25, 0.3) is 0 Å². The number of hydrogen-bond donors (Lipinski definition) is 1. The van der Waals surface area contributed by atoms with E-state index in [1.165, 1.54) is 10.4 Å². The molecule has 2 heteroatoms. The molecule has 0 aliphatic heterocycles. The highest BCUT2D eigenvalue weighted by molar-refractivity contribution is 7.09. The predicted molar refractivity (Wildman–Crippen MR) is 75.6 cm³/mol. The Morgan fingerprint density at radius 3 is 2.65 bits per heavy atom. The summed E-state index contributed by atoms with van der Waals surface area (Å²) in [6.45, 7) is 3.32. The molecule has 2 rings (SSSR count). The molecular formula is C15H19NS. The van der Waals surface area contributed by atoms with Crippen molar-refractivity contribution in [2.45, 2.75) is 25.8 Å².